The Kier molecular flexibility index (Phi) is 6.87. The van der Waals surface area contributed by atoms with E-state index < -0.39 is 11.7 Å². The number of aromatic nitrogens is 2. The monoisotopic (exact) mass is 412 g/mol. The van der Waals surface area contributed by atoms with Crippen LogP contribution in [0.2, 0.25) is 0 Å². The molecule has 9 heteroatoms. The van der Waals surface area contributed by atoms with Crippen LogP contribution in [0.5, 0.6) is 0 Å². The van der Waals surface area contributed by atoms with Gasteiger partial charge in [-0.25, -0.2) is 9.37 Å². The molecule has 156 valence electrons. The average molecular weight is 412 g/mol. The van der Waals surface area contributed by atoms with Gasteiger partial charge < -0.3 is 20.5 Å². The lowest BCUT2D eigenvalue weighted by Gasteiger charge is -2.16. The standard InChI is InChI=1S/C21H22FN5O3/c1-2-27(12-18-25-17-6-4-3-5-16(17)21(30)26-18)13-20(29)23-11-19(28)24-15-9-7-14(22)8-10-15/h3-10H,2,11-13H2,1H3,(H,23,29)(H,24,28)(H,25,26,30)/p+1. The van der Waals surface area contributed by atoms with E-state index in [2.05, 4.69) is 20.6 Å². The number of anilines is 1. The molecule has 1 heterocycles. The molecule has 0 spiro atoms. The van der Waals surface area contributed by atoms with E-state index >= 15 is 0 Å². The molecule has 1 atom stereocenters. The molecule has 0 aliphatic heterocycles. The molecule has 1 aromatic heterocycles. The maximum absolute atomic E-state index is 12.9. The Morgan fingerprint density at radius 3 is 2.57 bits per heavy atom. The number of carbonyl (C=O) groups is 2. The van der Waals surface area contributed by atoms with Crippen molar-refractivity contribution < 1.29 is 18.9 Å². The number of rotatable bonds is 8. The van der Waals surface area contributed by atoms with Crippen LogP contribution in [-0.4, -0.2) is 41.4 Å². The van der Waals surface area contributed by atoms with Gasteiger partial charge in [-0.05, 0) is 43.3 Å². The number of nitrogens with one attached hydrogen (secondary N) is 4. The quantitative estimate of drug-likeness (QED) is 0.425. The van der Waals surface area contributed by atoms with Gasteiger partial charge >= 0.3 is 0 Å². The summed E-state index contributed by atoms with van der Waals surface area (Å²) in [5.74, 6) is -0.610. The Balaban J connectivity index is 1.52. The summed E-state index contributed by atoms with van der Waals surface area (Å²) in [6, 6.07) is 12.4. The van der Waals surface area contributed by atoms with Gasteiger partial charge in [0.1, 0.15) is 12.4 Å². The number of hydrogen-bond donors (Lipinski definition) is 4. The zero-order valence-corrected chi connectivity index (χ0v) is 16.5. The minimum absolute atomic E-state index is 0.122. The van der Waals surface area contributed by atoms with Crippen LogP contribution < -0.4 is 21.1 Å². The van der Waals surface area contributed by atoms with E-state index in [9.17, 15) is 18.8 Å². The molecule has 0 bridgehead atoms. The molecule has 0 radical (unpaired) electrons. The summed E-state index contributed by atoms with van der Waals surface area (Å²) in [5.41, 5.74) is 0.837. The number of fused-ring (bicyclic) bond motifs is 1. The highest BCUT2D eigenvalue weighted by Gasteiger charge is 2.16. The Bertz CT molecular complexity index is 1100. The second-order valence-corrected chi connectivity index (χ2v) is 6.82. The first kappa shape index (κ1) is 21.1. The lowest BCUT2D eigenvalue weighted by molar-refractivity contribution is -0.904. The number of amides is 2. The molecular formula is C21H23FN5O3+. The van der Waals surface area contributed by atoms with Gasteiger partial charge in [0.2, 0.25) is 5.91 Å². The third-order valence-electron chi connectivity index (χ3n) is 4.56. The molecule has 1 unspecified atom stereocenters. The predicted octanol–water partition coefficient (Wildman–Crippen LogP) is 0.222. The Morgan fingerprint density at radius 1 is 1.10 bits per heavy atom. The molecule has 0 saturated carbocycles. The van der Waals surface area contributed by atoms with Gasteiger partial charge in [-0.2, -0.15) is 0 Å². The number of aromatic amines is 1. The fourth-order valence-corrected chi connectivity index (χ4v) is 2.97. The van der Waals surface area contributed by atoms with Crippen LogP contribution in [-0.2, 0) is 16.1 Å². The van der Waals surface area contributed by atoms with E-state index in [0.717, 1.165) is 4.90 Å². The molecule has 0 fully saturated rings. The molecule has 2 amide bonds. The van der Waals surface area contributed by atoms with Gasteiger partial charge in [-0.15, -0.1) is 0 Å². The highest BCUT2D eigenvalue weighted by atomic mass is 19.1. The lowest BCUT2D eigenvalue weighted by atomic mass is 10.2. The molecule has 3 rings (SSSR count). The van der Waals surface area contributed by atoms with Crippen molar-refractivity contribution in [3.05, 3.63) is 70.5 Å². The first-order chi connectivity index (χ1) is 14.4. The van der Waals surface area contributed by atoms with E-state index in [-0.39, 0.29) is 24.6 Å². The van der Waals surface area contributed by atoms with Crippen molar-refractivity contribution in [3.63, 3.8) is 0 Å². The van der Waals surface area contributed by atoms with Crippen molar-refractivity contribution in [3.8, 4) is 0 Å². The van der Waals surface area contributed by atoms with Crippen LogP contribution in [0.3, 0.4) is 0 Å². The minimum atomic E-state index is -0.409. The molecule has 2 aromatic carbocycles. The number of likely N-dealkylation sites (N-methyl/N-ethyl adjacent to an activating group) is 1. The SMILES string of the molecule is CC[NH+](CC(=O)NCC(=O)Nc1ccc(F)cc1)Cc1nc2ccccc2c(=O)[nH]1. The van der Waals surface area contributed by atoms with Crippen molar-refractivity contribution in [2.45, 2.75) is 13.5 Å². The van der Waals surface area contributed by atoms with Gasteiger partial charge in [0.15, 0.2) is 12.4 Å². The molecule has 0 aliphatic carbocycles. The first-order valence-corrected chi connectivity index (χ1v) is 9.58. The van der Waals surface area contributed by atoms with Crippen molar-refractivity contribution in [1.82, 2.24) is 15.3 Å². The summed E-state index contributed by atoms with van der Waals surface area (Å²) in [4.78, 5) is 44.5. The van der Waals surface area contributed by atoms with Crippen LogP contribution >= 0.6 is 0 Å². The minimum Gasteiger partial charge on any atom is -0.342 e. The van der Waals surface area contributed by atoms with Gasteiger partial charge in [-0.3, -0.25) is 14.4 Å². The summed E-state index contributed by atoms with van der Waals surface area (Å²) in [6.07, 6.45) is 0. The Hall–Kier alpha value is -3.59. The van der Waals surface area contributed by atoms with E-state index in [1.54, 1.807) is 18.2 Å². The predicted molar refractivity (Wildman–Crippen MR) is 110 cm³/mol. The normalized spacial score (nSPS) is 11.8. The molecule has 0 aliphatic rings. The van der Waals surface area contributed by atoms with E-state index in [0.29, 0.717) is 35.5 Å². The third kappa shape index (κ3) is 5.71. The van der Waals surface area contributed by atoms with Crippen molar-refractivity contribution in [1.29, 1.82) is 0 Å². The Labute approximate surface area is 172 Å². The fraction of sp³-hybridized carbons (Fsp3) is 0.238. The van der Waals surface area contributed by atoms with E-state index in [1.807, 2.05) is 13.0 Å². The largest absolute Gasteiger partial charge is 0.342 e. The topological polar surface area (TPSA) is 108 Å². The zero-order chi connectivity index (χ0) is 21.5. The van der Waals surface area contributed by atoms with Gasteiger partial charge in [-0.1, -0.05) is 12.1 Å². The van der Waals surface area contributed by atoms with Crippen LogP contribution in [0, 0.1) is 5.82 Å². The summed E-state index contributed by atoms with van der Waals surface area (Å²) in [5, 5.41) is 5.66. The number of H-pyrrole nitrogens is 1. The summed E-state index contributed by atoms with van der Waals surface area (Å²) in [6.45, 7) is 2.84. The summed E-state index contributed by atoms with van der Waals surface area (Å²) >= 11 is 0. The molecular weight excluding hydrogens is 389 g/mol. The molecule has 3 aromatic rings. The number of benzene rings is 2. The van der Waals surface area contributed by atoms with Gasteiger partial charge in [0.05, 0.1) is 24.0 Å². The smallest absolute Gasteiger partial charge is 0.275 e. The van der Waals surface area contributed by atoms with Crippen molar-refractivity contribution in [2.75, 3.05) is 25.0 Å². The number of hydrogen-bond acceptors (Lipinski definition) is 4. The maximum Gasteiger partial charge on any atom is 0.275 e. The number of carbonyl (C=O) groups excluding carboxylic acids is 2. The second-order valence-electron chi connectivity index (χ2n) is 6.82. The molecule has 30 heavy (non-hydrogen) atoms. The fourth-order valence-electron chi connectivity index (χ4n) is 2.97. The number of nitrogens with zero attached hydrogens (tertiary/aromatic N) is 1. The number of quaternary nitrogens is 1. The van der Waals surface area contributed by atoms with Crippen molar-refractivity contribution >= 4 is 28.4 Å². The lowest BCUT2D eigenvalue weighted by Crippen LogP contribution is -3.11. The van der Waals surface area contributed by atoms with Crippen LogP contribution in [0.15, 0.2) is 53.3 Å². The molecule has 0 saturated heterocycles. The molecule has 4 N–H and O–H groups in total. The average Bonchev–Trinajstić information content (AvgIpc) is 2.73. The summed E-state index contributed by atoms with van der Waals surface area (Å²) < 4.78 is 12.9. The highest BCUT2D eigenvalue weighted by molar-refractivity contribution is 5.94. The summed E-state index contributed by atoms with van der Waals surface area (Å²) in [7, 11) is 0. The number of para-hydroxylation sites is 1. The van der Waals surface area contributed by atoms with E-state index in [4.69, 9.17) is 0 Å². The second kappa shape index (κ2) is 9.75. The highest BCUT2D eigenvalue weighted by Crippen LogP contribution is 2.07. The first-order valence-electron chi connectivity index (χ1n) is 9.58. The third-order valence-corrected chi connectivity index (χ3v) is 4.56. The molecule has 8 nitrogen and oxygen atoms in total. The number of halogens is 1. The van der Waals surface area contributed by atoms with Crippen molar-refractivity contribution in [2.24, 2.45) is 0 Å². The van der Waals surface area contributed by atoms with Crippen LogP contribution in [0.1, 0.15) is 12.7 Å². The zero-order valence-electron chi connectivity index (χ0n) is 16.5. The Morgan fingerprint density at radius 2 is 1.83 bits per heavy atom. The van der Waals surface area contributed by atoms with Crippen LogP contribution in [0.4, 0.5) is 10.1 Å². The van der Waals surface area contributed by atoms with Crippen LogP contribution in [0.25, 0.3) is 10.9 Å². The van der Waals surface area contributed by atoms with E-state index in [1.165, 1.54) is 24.3 Å². The van der Waals surface area contributed by atoms with Gasteiger partial charge in [0.25, 0.3) is 11.5 Å². The van der Waals surface area contributed by atoms with Gasteiger partial charge in [0, 0.05) is 5.69 Å². The maximum atomic E-state index is 12.9.